The van der Waals surface area contributed by atoms with Gasteiger partial charge in [-0.3, -0.25) is 9.58 Å². The van der Waals surface area contributed by atoms with Crippen LogP contribution in [0.1, 0.15) is 33.4 Å². The SMILES string of the molecule is C[C@H]1Cn2ncc(Oc3ccccn3)c2CN1C(=O)OC(C)(C)C. The Hall–Kier alpha value is -2.57. The number of nitrogens with zero attached hydrogens (tertiary/aromatic N) is 4. The fourth-order valence-electron chi connectivity index (χ4n) is 2.55. The molecule has 0 radical (unpaired) electrons. The Bertz CT molecular complexity index is 721. The van der Waals surface area contributed by atoms with Crippen LogP contribution in [0.5, 0.6) is 11.6 Å². The molecule has 1 amide bonds. The molecule has 2 aromatic heterocycles. The molecule has 0 saturated heterocycles. The van der Waals surface area contributed by atoms with E-state index >= 15 is 0 Å². The second kappa shape index (κ2) is 6.14. The number of carbonyl (C=O) groups is 1. The summed E-state index contributed by atoms with van der Waals surface area (Å²) < 4.78 is 13.2. The molecule has 1 atom stereocenters. The van der Waals surface area contributed by atoms with E-state index in [1.54, 1.807) is 23.4 Å². The van der Waals surface area contributed by atoms with Gasteiger partial charge in [-0.1, -0.05) is 6.07 Å². The van der Waals surface area contributed by atoms with E-state index in [0.717, 1.165) is 5.69 Å². The molecule has 0 saturated carbocycles. The lowest BCUT2D eigenvalue weighted by Crippen LogP contribution is -2.47. The summed E-state index contributed by atoms with van der Waals surface area (Å²) in [7, 11) is 0. The van der Waals surface area contributed by atoms with E-state index in [0.29, 0.717) is 24.7 Å². The topological polar surface area (TPSA) is 69.5 Å². The summed E-state index contributed by atoms with van der Waals surface area (Å²) in [5, 5.41) is 4.36. The minimum atomic E-state index is -0.526. The average Bonchev–Trinajstić information content (AvgIpc) is 2.87. The van der Waals surface area contributed by atoms with Gasteiger partial charge in [0.1, 0.15) is 11.3 Å². The molecule has 1 aliphatic heterocycles. The van der Waals surface area contributed by atoms with Crippen LogP contribution < -0.4 is 4.74 Å². The number of rotatable bonds is 2. The summed E-state index contributed by atoms with van der Waals surface area (Å²) in [6.07, 6.45) is 3.00. The lowest BCUT2D eigenvalue weighted by atomic mass is 10.2. The molecule has 0 unspecified atom stereocenters. The highest BCUT2D eigenvalue weighted by atomic mass is 16.6. The minimum absolute atomic E-state index is 0.00468. The van der Waals surface area contributed by atoms with E-state index < -0.39 is 5.60 Å². The maximum Gasteiger partial charge on any atom is 0.410 e. The summed E-state index contributed by atoms with van der Waals surface area (Å²) >= 11 is 0. The zero-order valence-electron chi connectivity index (χ0n) is 14.4. The maximum atomic E-state index is 12.4. The van der Waals surface area contributed by atoms with Crippen LogP contribution in [0.3, 0.4) is 0 Å². The van der Waals surface area contributed by atoms with Crippen molar-refractivity contribution in [2.24, 2.45) is 0 Å². The van der Waals surface area contributed by atoms with E-state index in [9.17, 15) is 4.79 Å². The lowest BCUT2D eigenvalue weighted by molar-refractivity contribution is 0.00890. The third-order valence-corrected chi connectivity index (χ3v) is 3.68. The maximum absolute atomic E-state index is 12.4. The fourth-order valence-corrected chi connectivity index (χ4v) is 2.55. The third kappa shape index (κ3) is 3.50. The van der Waals surface area contributed by atoms with Gasteiger partial charge in [-0.2, -0.15) is 5.10 Å². The van der Waals surface area contributed by atoms with Crippen LogP contribution >= 0.6 is 0 Å². The van der Waals surface area contributed by atoms with Gasteiger partial charge < -0.3 is 9.47 Å². The van der Waals surface area contributed by atoms with Gasteiger partial charge in [0.15, 0.2) is 5.75 Å². The van der Waals surface area contributed by atoms with Crippen molar-refractivity contribution in [2.75, 3.05) is 0 Å². The zero-order valence-corrected chi connectivity index (χ0v) is 14.4. The number of carbonyl (C=O) groups excluding carboxylic acids is 1. The summed E-state index contributed by atoms with van der Waals surface area (Å²) in [6, 6.07) is 5.45. The van der Waals surface area contributed by atoms with Crippen LogP contribution in [0, 0.1) is 0 Å². The molecule has 0 bridgehead atoms. The van der Waals surface area contributed by atoms with Gasteiger partial charge in [-0.05, 0) is 33.8 Å². The predicted octanol–water partition coefficient (Wildman–Crippen LogP) is 3.21. The Labute approximate surface area is 141 Å². The first-order valence-corrected chi connectivity index (χ1v) is 7.96. The van der Waals surface area contributed by atoms with Crippen molar-refractivity contribution < 1.29 is 14.3 Å². The minimum Gasteiger partial charge on any atom is -0.444 e. The quantitative estimate of drug-likeness (QED) is 0.845. The molecule has 3 heterocycles. The standard InChI is InChI=1S/C17H22N4O3/c1-12-10-21-13(11-20(12)16(22)24-17(2,3)4)14(9-19-21)23-15-7-5-6-8-18-15/h5-9,12H,10-11H2,1-4H3/t12-/m0/s1. The second-order valence-electron chi connectivity index (χ2n) is 6.86. The van der Waals surface area contributed by atoms with E-state index in [1.807, 2.05) is 44.5 Å². The Morgan fingerprint density at radius 2 is 2.12 bits per heavy atom. The largest absolute Gasteiger partial charge is 0.444 e. The van der Waals surface area contributed by atoms with Crippen LogP contribution in [0.4, 0.5) is 4.79 Å². The molecule has 128 valence electrons. The summed E-state index contributed by atoms with van der Waals surface area (Å²) in [4.78, 5) is 18.3. The van der Waals surface area contributed by atoms with Gasteiger partial charge in [0.25, 0.3) is 0 Å². The first-order chi connectivity index (χ1) is 11.3. The summed E-state index contributed by atoms with van der Waals surface area (Å²) in [5.41, 5.74) is 0.312. The van der Waals surface area contributed by atoms with Crippen LogP contribution in [-0.4, -0.2) is 37.4 Å². The Kier molecular flexibility index (Phi) is 4.17. The highest BCUT2D eigenvalue weighted by molar-refractivity contribution is 5.68. The number of hydrogen-bond donors (Lipinski definition) is 0. The Morgan fingerprint density at radius 1 is 1.33 bits per heavy atom. The van der Waals surface area contributed by atoms with Crippen LogP contribution in [-0.2, 0) is 17.8 Å². The van der Waals surface area contributed by atoms with E-state index in [2.05, 4.69) is 10.1 Å². The molecule has 7 nitrogen and oxygen atoms in total. The first-order valence-electron chi connectivity index (χ1n) is 7.96. The van der Waals surface area contributed by atoms with Gasteiger partial charge in [0.2, 0.25) is 5.88 Å². The van der Waals surface area contributed by atoms with Crippen molar-refractivity contribution in [2.45, 2.75) is 52.4 Å². The molecule has 1 aliphatic rings. The number of pyridine rings is 1. The Morgan fingerprint density at radius 3 is 2.79 bits per heavy atom. The monoisotopic (exact) mass is 330 g/mol. The van der Waals surface area contributed by atoms with Gasteiger partial charge >= 0.3 is 6.09 Å². The number of amides is 1. The van der Waals surface area contributed by atoms with Crippen LogP contribution in [0.2, 0.25) is 0 Å². The van der Waals surface area contributed by atoms with Crippen LogP contribution in [0.15, 0.2) is 30.6 Å². The van der Waals surface area contributed by atoms with Gasteiger partial charge in [-0.25, -0.2) is 9.78 Å². The lowest BCUT2D eigenvalue weighted by Gasteiger charge is -2.35. The number of fused-ring (bicyclic) bond motifs is 1. The molecule has 0 fully saturated rings. The van der Waals surface area contributed by atoms with Crippen molar-refractivity contribution in [1.29, 1.82) is 0 Å². The molecule has 3 rings (SSSR count). The number of aromatic nitrogens is 3. The molecule has 2 aromatic rings. The zero-order chi connectivity index (χ0) is 17.3. The highest BCUT2D eigenvalue weighted by Crippen LogP contribution is 2.29. The third-order valence-electron chi connectivity index (χ3n) is 3.68. The van der Waals surface area contributed by atoms with Crippen molar-refractivity contribution in [3.8, 4) is 11.6 Å². The van der Waals surface area contributed by atoms with Crippen molar-refractivity contribution in [1.82, 2.24) is 19.7 Å². The van der Waals surface area contributed by atoms with Gasteiger partial charge in [-0.15, -0.1) is 0 Å². The first kappa shape index (κ1) is 16.3. The van der Waals surface area contributed by atoms with Gasteiger partial charge in [0.05, 0.1) is 25.3 Å². The molecule has 0 N–H and O–H groups in total. The smallest absolute Gasteiger partial charge is 0.410 e. The second-order valence-corrected chi connectivity index (χ2v) is 6.86. The number of ether oxygens (including phenoxy) is 2. The summed E-state index contributed by atoms with van der Waals surface area (Å²) in [6.45, 7) is 8.55. The summed E-state index contributed by atoms with van der Waals surface area (Å²) in [5.74, 6) is 1.10. The molecule has 24 heavy (non-hydrogen) atoms. The predicted molar refractivity (Wildman–Crippen MR) is 87.8 cm³/mol. The van der Waals surface area contributed by atoms with E-state index in [4.69, 9.17) is 9.47 Å². The fraction of sp³-hybridized carbons (Fsp3) is 0.471. The molecular formula is C17H22N4O3. The molecule has 7 heteroatoms. The molecule has 0 aromatic carbocycles. The normalized spacial score (nSPS) is 17.3. The Balaban J connectivity index is 1.80. The van der Waals surface area contributed by atoms with Crippen molar-refractivity contribution in [3.63, 3.8) is 0 Å². The van der Waals surface area contributed by atoms with E-state index in [1.165, 1.54) is 0 Å². The van der Waals surface area contributed by atoms with Crippen molar-refractivity contribution >= 4 is 6.09 Å². The molecule has 0 spiro atoms. The van der Waals surface area contributed by atoms with Crippen molar-refractivity contribution in [3.05, 3.63) is 36.3 Å². The average molecular weight is 330 g/mol. The molecular weight excluding hydrogens is 308 g/mol. The highest BCUT2D eigenvalue weighted by Gasteiger charge is 2.32. The number of hydrogen-bond acceptors (Lipinski definition) is 5. The van der Waals surface area contributed by atoms with Gasteiger partial charge in [0, 0.05) is 12.3 Å². The van der Waals surface area contributed by atoms with E-state index in [-0.39, 0.29) is 12.1 Å². The van der Waals surface area contributed by atoms with Crippen LogP contribution in [0.25, 0.3) is 0 Å². The molecule has 0 aliphatic carbocycles.